The van der Waals surface area contributed by atoms with E-state index < -0.39 is 9.84 Å². The van der Waals surface area contributed by atoms with Crippen LogP contribution in [0.5, 0.6) is 0 Å². The second-order valence-corrected chi connectivity index (χ2v) is 7.77. The molecule has 0 radical (unpaired) electrons. The summed E-state index contributed by atoms with van der Waals surface area (Å²) < 4.78 is 23.5. The molecule has 0 saturated carbocycles. The Balaban J connectivity index is 2.34. The van der Waals surface area contributed by atoms with E-state index >= 15 is 0 Å². The lowest BCUT2D eigenvalue weighted by Crippen LogP contribution is -2.25. The van der Waals surface area contributed by atoms with Gasteiger partial charge in [0.2, 0.25) is 0 Å². The molecular weight excluding hydrogens is 282 g/mol. The van der Waals surface area contributed by atoms with Gasteiger partial charge in [0.05, 0.1) is 10.9 Å². The zero-order chi connectivity index (χ0) is 15.3. The smallest absolute Gasteiger partial charge is 0.175 e. The molecule has 1 N–H and O–H groups in total. The summed E-state index contributed by atoms with van der Waals surface area (Å²) >= 11 is 0. The monoisotopic (exact) mass is 307 g/mol. The normalized spacial score (nSPS) is 17.3. The Morgan fingerprint density at radius 3 is 2.71 bits per heavy atom. The van der Waals surface area contributed by atoms with Crippen molar-refractivity contribution in [1.82, 2.24) is 5.32 Å². The highest BCUT2D eigenvalue weighted by molar-refractivity contribution is 7.90. The first-order valence-corrected chi connectivity index (χ1v) is 9.64. The topological polar surface area (TPSA) is 46.2 Å². The Kier molecular flexibility index (Phi) is 5.59. The van der Waals surface area contributed by atoms with Gasteiger partial charge in [-0.25, -0.2) is 8.42 Å². The first kappa shape index (κ1) is 16.2. The van der Waals surface area contributed by atoms with E-state index in [0.717, 1.165) is 31.4 Å². The molecule has 1 aliphatic carbocycles. The molecule has 0 aliphatic heterocycles. The maximum absolute atomic E-state index is 11.8. The van der Waals surface area contributed by atoms with Gasteiger partial charge in [-0.2, -0.15) is 0 Å². The molecule has 2 rings (SSSR count). The van der Waals surface area contributed by atoms with Crippen LogP contribution in [0.1, 0.15) is 50.6 Å². The molecule has 21 heavy (non-hydrogen) atoms. The second-order valence-electron chi connectivity index (χ2n) is 5.76. The van der Waals surface area contributed by atoms with E-state index in [4.69, 9.17) is 0 Å². The van der Waals surface area contributed by atoms with E-state index in [1.165, 1.54) is 24.7 Å². The fourth-order valence-electron chi connectivity index (χ4n) is 2.80. The second kappa shape index (κ2) is 7.23. The molecule has 1 aromatic rings. The van der Waals surface area contributed by atoms with Gasteiger partial charge in [-0.15, -0.1) is 0 Å². The first-order valence-electron chi connectivity index (χ1n) is 7.74. The van der Waals surface area contributed by atoms with Crippen LogP contribution in [0.3, 0.4) is 0 Å². The highest BCUT2D eigenvalue weighted by atomic mass is 32.2. The molecule has 1 aliphatic rings. The third kappa shape index (κ3) is 4.42. The maximum atomic E-state index is 11.8. The Hall–Kier alpha value is -1.13. The third-order valence-corrected chi connectivity index (χ3v) is 5.03. The molecule has 116 valence electrons. The van der Waals surface area contributed by atoms with Gasteiger partial charge in [-0.3, -0.25) is 0 Å². The molecule has 4 heteroatoms. The maximum Gasteiger partial charge on any atom is 0.175 e. The Morgan fingerprint density at radius 2 is 2.10 bits per heavy atom. The van der Waals surface area contributed by atoms with Crippen LogP contribution in [0.2, 0.25) is 0 Å². The fraction of sp³-hybridized carbons (Fsp3) is 0.529. The number of hydrogen-bond donors (Lipinski definition) is 1. The molecule has 0 aromatic heterocycles. The van der Waals surface area contributed by atoms with Crippen LogP contribution in [0.15, 0.2) is 40.8 Å². The van der Waals surface area contributed by atoms with Crippen LogP contribution >= 0.6 is 0 Å². The van der Waals surface area contributed by atoms with Crippen LogP contribution in [0, 0.1) is 0 Å². The van der Waals surface area contributed by atoms with E-state index in [9.17, 15) is 8.42 Å². The van der Waals surface area contributed by atoms with Gasteiger partial charge in [0.1, 0.15) is 0 Å². The molecule has 0 spiro atoms. The molecule has 1 atom stereocenters. The minimum Gasteiger partial charge on any atom is -0.307 e. The number of rotatable bonds is 6. The summed E-state index contributed by atoms with van der Waals surface area (Å²) in [5.74, 6) is 0. The van der Waals surface area contributed by atoms with Gasteiger partial charge >= 0.3 is 0 Å². The highest BCUT2D eigenvalue weighted by Gasteiger charge is 2.19. The van der Waals surface area contributed by atoms with Gasteiger partial charge in [0.25, 0.3) is 0 Å². The Bertz CT molecular complexity index is 605. The largest absolute Gasteiger partial charge is 0.307 e. The van der Waals surface area contributed by atoms with Gasteiger partial charge in [-0.05, 0) is 56.3 Å². The van der Waals surface area contributed by atoms with Crippen molar-refractivity contribution in [1.29, 1.82) is 0 Å². The lowest BCUT2D eigenvalue weighted by atomic mass is 9.90. The van der Waals surface area contributed by atoms with E-state index in [0.29, 0.717) is 4.90 Å². The molecule has 1 unspecified atom stereocenters. The molecule has 3 nitrogen and oxygen atoms in total. The fourth-order valence-corrected chi connectivity index (χ4v) is 3.48. The first-order chi connectivity index (χ1) is 10.0. The summed E-state index contributed by atoms with van der Waals surface area (Å²) in [7, 11) is -3.16. The molecule has 0 saturated heterocycles. The molecule has 0 bridgehead atoms. The Morgan fingerprint density at radius 1 is 1.29 bits per heavy atom. The van der Waals surface area contributed by atoms with Crippen LogP contribution in [0.25, 0.3) is 0 Å². The summed E-state index contributed by atoms with van der Waals surface area (Å²) in [6.07, 6.45) is 9.37. The van der Waals surface area contributed by atoms with Gasteiger partial charge in [0.15, 0.2) is 9.84 Å². The van der Waals surface area contributed by atoms with Crippen molar-refractivity contribution in [3.05, 3.63) is 41.5 Å². The summed E-state index contributed by atoms with van der Waals surface area (Å²) in [5.41, 5.74) is 2.46. The number of sulfone groups is 1. The molecule has 0 heterocycles. The summed E-state index contributed by atoms with van der Waals surface area (Å²) in [5, 5.41) is 3.57. The van der Waals surface area contributed by atoms with Crippen molar-refractivity contribution in [2.24, 2.45) is 0 Å². The predicted molar refractivity (Wildman–Crippen MR) is 87.1 cm³/mol. The van der Waals surface area contributed by atoms with Crippen LogP contribution in [-0.2, 0) is 9.84 Å². The van der Waals surface area contributed by atoms with E-state index in [-0.39, 0.29) is 6.04 Å². The van der Waals surface area contributed by atoms with Crippen molar-refractivity contribution in [3.63, 3.8) is 0 Å². The summed E-state index contributed by atoms with van der Waals surface area (Å²) in [6.45, 7) is 3.08. The average molecular weight is 307 g/mol. The van der Waals surface area contributed by atoms with Crippen molar-refractivity contribution < 1.29 is 8.42 Å². The van der Waals surface area contributed by atoms with Gasteiger partial charge in [-0.1, -0.05) is 30.7 Å². The average Bonchev–Trinajstić information content (AvgIpc) is 2.48. The highest BCUT2D eigenvalue weighted by Crippen LogP contribution is 2.30. The SMILES string of the molecule is CCCNC(C1=CCCCC1)c1cccc(S(C)(=O)=O)c1. The zero-order valence-corrected chi connectivity index (χ0v) is 13.7. The van der Waals surface area contributed by atoms with Crippen LogP contribution in [0.4, 0.5) is 0 Å². The van der Waals surface area contributed by atoms with Crippen molar-refractivity contribution in [2.75, 3.05) is 12.8 Å². The van der Waals surface area contributed by atoms with E-state index in [1.54, 1.807) is 6.07 Å². The van der Waals surface area contributed by atoms with E-state index in [1.807, 2.05) is 18.2 Å². The Labute approximate surface area is 128 Å². The predicted octanol–water partition coefficient (Wildman–Crippen LogP) is 3.63. The van der Waals surface area contributed by atoms with Crippen molar-refractivity contribution >= 4 is 9.84 Å². The standard InChI is InChI=1S/C17H25NO2S/c1-3-12-18-17(14-8-5-4-6-9-14)15-10-7-11-16(13-15)21(2,19)20/h7-8,10-11,13,17-18H,3-6,9,12H2,1-2H3. The number of nitrogens with one attached hydrogen (secondary N) is 1. The van der Waals surface area contributed by atoms with Crippen molar-refractivity contribution in [3.8, 4) is 0 Å². The lowest BCUT2D eigenvalue weighted by molar-refractivity contribution is 0.545. The summed E-state index contributed by atoms with van der Waals surface area (Å²) in [6, 6.07) is 7.50. The van der Waals surface area contributed by atoms with Crippen molar-refractivity contribution in [2.45, 2.75) is 50.0 Å². The lowest BCUT2D eigenvalue weighted by Gasteiger charge is -2.25. The molecule has 1 aromatic carbocycles. The quantitative estimate of drug-likeness (QED) is 0.816. The van der Waals surface area contributed by atoms with E-state index in [2.05, 4.69) is 18.3 Å². The van der Waals surface area contributed by atoms with Gasteiger partial charge in [0, 0.05) is 6.26 Å². The van der Waals surface area contributed by atoms with Gasteiger partial charge < -0.3 is 5.32 Å². The minimum atomic E-state index is -3.16. The summed E-state index contributed by atoms with van der Waals surface area (Å²) in [4.78, 5) is 0.403. The molecule has 0 fully saturated rings. The number of hydrogen-bond acceptors (Lipinski definition) is 3. The third-order valence-electron chi connectivity index (χ3n) is 3.91. The zero-order valence-electron chi connectivity index (χ0n) is 12.9. The number of allylic oxidation sites excluding steroid dienone is 1. The van der Waals surface area contributed by atoms with Crippen LogP contribution in [-0.4, -0.2) is 21.2 Å². The molecule has 0 amide bonds. The number of benzene rings is 1. The minimum absolute atomic E-state index is 0.145. The molecular formula is C17H25NO2S. The van der Waals surface area contributed by atoms with Crippen LogP contribution < -0.4 is 5.32 Å².